The summed E-state index contributed by atoms with van der Waals surface area (Å²) in [7, 11) is -3.56. The van der Waals surface area contributed by atoms with Crippen molar-refractivity contribution in [3.05, 3.63) is 41.5 Å². The van der Waals surface area contributed by atoms with Crippen LogP contribution < -0.4 is 4.72 Å². The Labute approximate surface area is 108 Å². The summed E-state index contributed by atoms with van der Waals surface area (Å²) >= 11 is 0. The van der Waals surface area contributed by atoms with Crippen molar-refractivity contribution in [2.75, 3.05) is 6.54 Å². The van der Waals surface area contributed by atoms with Gasteiger partial charge in [0, 0.05) is 12.1 Å². The van der Waals surface area contributed by atoms with Crippen LogP contribution in [0.5, 0.6) is 0 Å². The predicted octanol–water partition coefficient (Wildman–Crippen LogP) is 2.13. The van der Waals surface area contributed by atoms with Gasteiger partial charge in [0.1, 0.15) is 0 Å². The largest absolute Gasteiger partial charge is 0.295 e. The highest BCUT2D eigenvalue weighted by Gasteiger charge is 2.13. The molecule has 0 aliphatic rings. The third kappa shape index (κ3) is 4.09. The molecule has 0 bridgehead atoms. The minimum absolute atomic E-state index is 0.109. The maximum absolute atomic E-state index is 11.9. The van der Waals surface area contributed by atoms with Crippen molar-refractivity contribution in [1.82, 2.24) is 4.72 Å². The van der Waals surface area contributed by atoms with Gasteiger partial charge >= 0.3 is 0 Å². The maximum atomic E-state index is 11.9. The second-order valence-corrected chi connectivity index (χ2v) is 5.98. The van der Waals surface area contributed by atoms with E-state index in [1.54, 1.807) is 18.2 Å². The summed E-state index contributed by atoms with van der Waals surface area (Å²) in [6, 6.07) is 6.01. The van der Waals surface area contributed by atoms with E-state index < -0.39 is 10.0 Å². The summed E-state index contributed by atoms with van der Waals surface area (Å²) in [6.07, 6.45) is 1.78. The molecule has 5 heteroatoms. The zero-order valence-corrected chi connectivity index (χ0v) is 11.5. The maximum Gasteiger partial charge on any atom is 0.240 e. The number of rotatable bonds is 5. The average Bonchev–Trinajstić information content (AvgIpc) is 2.28. The van der Waals surface area contributed by atoms with Gasteiger partial charge in [-0.3, -0.25) is 4.79 Å². The van der Waals surface area contributed by atoms with Crippen molar-refractivity contribution < 1.29 is 13.2 Å². The lowest BCUT2D eigenvalue weighted by molar-refractivity contribution is 0.101. The van der Waals surface area contributed by atoms with Gasteiger partial charge in [0.2, 0.25) is 10.0 Å². The zero-order valence-electron chi connectivity index (χ0n) is 10.7. The van der Waals surface area contributed by atoms with Gasteiger partial charge in [0.15, 0.2) is 5.78 Å². The van der Waals surface area contributed by atoms with E-state index in [2.05, 4.69) is 4.72 Å². The first-order valence-corrected chi connectivity index (χ1v) is 7.05. The molecule has 0 unspecified atom stereocenters. The smallest absolute Gasteiger partial charge is 0.240 e. The van der Waals surface area contributed by atoms with Crippen LogP contribution >= 0.6 is 0 Å². The summed E-state index contributed by atoms with van der Waals surface area (Å²) in [4.78, 5) is 11.3. The first kappa shape index (κ1) is 14.6. The molecule has 0 spiro atoms. The number of hydrogen-bond acceptors (Lipinski definition) is 3. The Kier molecular flexibility index (Phi) is 4.81. The van der Waals surface area contributed by atoms with Crippen LogP contribution in [0.2, 0.25) is 0 Å². The Balaban J connectivity index is 2.95. The van der Waals surface area contributed by atoms with Crippen LogP contribution in [0.1, 0.15) is 31.1 Å². The molecular formula is C13H17NO3S. The van der Waals surface area contributed by atoms with Gasteiger partial charge in [-0.1, -0.05) is 23.8 Å². The molecule has 1 N–H and O–H groups in total. The van der Waals surface area contributed by atoms with Crippen LogP contribution in [0.15, 0.2) is 40.8 Å². The minimum Gasteiger partial charge on any atom is -0.295 e. The van der Waals surface area contributed by atoms with E-state index in [1.165, 1.54) is 19.1 Å². The summed E-state index contributed by atoms with van der Waals surface area (Å²) in [6.45, 7) is 5.44. The summed E-state index contributed by atoms with van der Waals surface area (Å²) in [5, 5.41) is 0. The molecule has 0 fully saturated rings. The van der Waals surface area contributed by atoms with E-state index >= 15 is 0 Å². The van der Waals surface area contributed by atoms with Crippen molar-refractivity contribution >= 4 is 15.8 Å². The molecule has 18 heavy (non-hydrogen) atoms. The van der Waals surface area contributed by atoms with Crippen molar-refractivity contribution in [1.29, 1.82) is 0 Å². The monoisotopic (exact) mass is 267 g/mol. The number of ketones is 1. The molecule has 0 saturated heterocycles. The second kappa shape index (κ2) is 5.93. The van der Waals surface area contributed by atoms with Crippen LogP contribution in [0.25, 0.3) is 0 Å². The molecule has 0 aliphatic carbocycles. The molecule has 0 heterocycles. The Morgan fingerprint density at radius 1 is 1.28 bits per heavy atom. The molecule has 4 nitrogen and oxygen atoms in total. The topological polar surface area (TPSA) is 63.2 Å². The molecule has 0 saturated carbocycles. The number of carbonyl (C=O) groups is 1. The summed E-state index contributed by atoms with van der Waals surface area (Å²) in [5.74, 6) is -0.156. The van der Waals surface area contributed by atoms with Crippen molar-refractivity contribution in [2.45, 2.75) is 25.7 Å². The molecule has 1 aromatic rings. The Morgan fingerprint density at radius 2 is 1.94 bits per heavy atom. The van der Waals surface area contributed by atoms with Gasteiger partial charge in [-0.05, 0) is 32.9 Å². The van der Waals surface area contributed by atoms with E-state index in [4.69, 9.17) is 0 Å². The molecule has 1 rings (SSSR count). The summed E-state index contributed by atoms with van der Waals surface area (Å²) in [5.41, 5.74) is 1.43. The Hall–Kier alpha value is -1.46. The average molecular weight is 267 g/mol. The fraction of sp³-hybridized carbons (Fsp3) is 0.308. The van der Waals surface area contributed by atoms with E-state index in [1.807, 2.05) is 13.8 Å². The molecule has 0 atom stereocenters. The van der Waals surface area contributed by atoms with Gasteiger partial charge in [-0.2, -0.15) is 0 Å². The first-order valence-electron chi connectivity index (χ1n) is 5.57. The first-order chi connectivity index (χ1) is 8.33. The van der Waals surface area contributed by atoms with E-state index in [9.17, 15) is 13.2 Å². The standard InChI is InChI=1S/C13H17NO3S/c1-10(2)7-8-14-18(16,17)13-6-4-5-12(9-13)11(3)15/h4-7,9,14H,8H2,1-3H3. The van der Waals surface area contributed by atoms with Gasteiger partial charge < -0.3 is 0 Å². The SMILES string of the molecule is CC(=O)c1cccc(S(=O)(=O)NCC=C(C)C)c1. The van der Waals surface area contributed by atoms with Gasteiger partial charge in [-0.15, -0.1) is 0 Å². The number of Topliss-reactive ketones (excluding diaryl/α,β-unsaturated/α-hetero) is 1. The molecular weight excluding hydrogens is 250 g/mol. The summed E-state index contributed by atoms with van der Waals surface area (Å²) < 4.78 is 26.3. The quantitative estimate of drug-likeness (QED) is 0.656. The van der Waals surface area contributed by atoms with Crippen LogP contribution in [-0.2, 0) is 10.0 Å². The lowest BCUT2D eigenvalue weighted by atomic mass is 10.2. The second-order valence-electron chi connectivity index (χ2n) is 4.22. The fourth-order valence-corrected chi connectivity index (χ4v) is 2.33. The molecule has 0 radical (unpaired) electrons. The molecule has 1 aromatic carbocycles. The Bertz CT molecular complexity index is 570. The number of sulfonamides is 1. The number of carbonyl (C=O) groups excluding carboxylic acids is 1. The number of nitrogens with one attached hydrogen (secondary N) is 1. The molecule has 0 aliphatic heterocycles. The van der Waals surface area contributed by atoms with Crippen LogP contribution in [0.3, 0.4) is 0 Å². The highest BCUT2D eigenvalue weighted by atomic mass is 32.2. The van der Waals surface area contributed by atoms with Crippen molar-refractivity contribution in [3.8, 4) is 0 Å². The number of hydrogen-bond donors (Lipinski definition) is 1. The lowest BCUT2D eigenvalue weighted by Crippen LogP contribution is -2.24. The number of allylic oxidation sites excluding steroid dienone is 1. The zero-order chi connectivity index (χ0) is 13.8. The van der Waals surface area contributed by atoms with Crippen LogP contribution in [-0.4, -0.2) is 20.7 Å². The van der Waals surface area contributed by atoms with Crippen LogP contribution in [0.4, 0.5) is 0 Å². The highest BCUT2D eigenvalue weighted by molar-refractivity contribution is 7.89. The van der Waals surface area contributed by atoms with Gasteiger partial charge in [0.05, 0.1) is 4.90 Å². The van der Waals surface area contributed by atoms with Gasteiger partial charge in [-0.25, -0.2) is 13.1 Å². The van der Waals surface area contributed by atoms with Crippen LogP contribution in [0, 0.1) is 0 Å². The Morgan fingerprint density at radius 3 is 2.50 bits per heavy atom. The highest BCUT2D eigenvalue weighted by Crippen LogP contribution is 2.11. The molecule has 0 amide bonds. The lowest BCUT2D eigenvalue weighted by Gasteiger charge is -2.06. The van der Waals surface area contributed by atoms with Gasteiger partial charge in [0.25, 0.3) is 0 Å². The van der Waals surface area contributed by atoms with E-state index in [-0.39, 0.29) is 17.2 Å². The number of benzene rings is 1. The van der Waals surface area contributed by atoms with Crippen molar-refractivity contribution in [3.63, 3.8) is 0 Å². The minimum atomic E-state index is -3.56. The molecule has 0 aromatic heterocycles. The predicted molar refractivity (Wildman–Crippen MR) is 71.1 cm³/mol. The fourth-order valence-electron chi connectivity index (χ4n) is 1.32. The molecule has 98 valence electrons. The van der Waals surface area contributed by atoms with E-state index in [0.717, 1.165) is 5.57 Å². The normalized spacial score (nSPS) is 11.1. The third-order valence-corrected chi connectivity index (χ3v) is 3.76. The van der Waals surface area contributed by atoms with E-state index in [0.29, 0.717) is 5.56 Å². The van der Waals surface area contributed by atoms with Crippen molar-refractivity contribution in [2.24, 2.45) is 0 Å². The third-order valence-electron chi connectivity index (χ3n) is 2.33.